The molecule has 3 N–H and O–H groups in total. The molecule has 0 aromatic heterocycles. The first kappa shape index (κ1) is 9.96. The maximum Gasteiger partial charge on any atom is 0.0692 e. The lowest BCUT2D eigenvalue weighted by atomic mass is 10.2. The lowest BCUT2D eigenvalue weighted by molar-refractivity contribution is 0.117. The second-order valence-electron chi connectivity index (χ2n) is 3.84. The molecule has 1 aliphatic rings. The van der Waals surface area contributed by atoms with Crippen LogP contribution >= 0.6 is 0 Å². The highest BCUT2D eigenvalue weighted by atomic mass is 16.3. The molecule has 1 rings (SSSR count). The summed E-state index contributed by atoms with van der Waals surface area (Å²) in [5, 5.41) is 21.7. The molecule has 1 fully saturated rings. The fourth-order valence-electron chi connectivity index (χ4n) is 1.12. The van der Waals surface area contributed by atoms with E-state index in [-0.39, 0.29) is 18.2 Å². The first-order valence-electron chi connectivity index (χ1n) is 4.70. The van der Waals surface area contributed by atoms with Crippen molar-refractivity contribution in [3.05, 3.63) is 0 Å². The average Bonchev–Trinajstić information content (AvgIpc) is 2.81. The number of hydrogen-bond acceptors (Lipinski definition) is 3. The van der Waals surface area contributed by atoms with Gasteiger partial charge in [0.1, 0.15) is 0 Å². The van der Waals surface area contributed by atoms with Crippen molar-refractivity contribution in [1.29, 1.82) is 0 Å². The van der Waals surface area contributed by atoms with Crippen molar-refractivity contribution in [1.82, 2.24) is 5.32 Å². The predicted octanol–water partition coefficient (Wildman–Crippen LogP) is 0.116. The molecule has 3 heteroatoms. The first-order chi connectivity index (χ1) is 5.61. The van der Waals surface area contributed by atoms with Gasteiger partial charge in [0.25, 0.3) is 0 Å². The molecule has 0 aliphatic heterocycles. The van der Waals surface area contributed by atoms with Gasteiger partial charge in [-0.15, -0.1) is 0 Å². The van der Waals surface area contributed by atoms with E-state index in [2.05, 4.69) is 5.32 Å². The molecule has 1 saturated carbocycles. The summed E-state index contributed by atoms with van der Waals surface area (Å²) in [6.45, 7) is 4.28. The molecule has 0 spiro atoms. The molecule has 0 radical (unpaired) electrons. The van der Waals surface area contributed by atoms with Crippen LogP contribution in [0.25, 0.3) is 0 Å². The lowest BCUT2D eigenvalue weighted by Crippen LogP contribution is -2.40. The molecule has 3 atom stereocenters. The number of aliphatic hydroxyl groups excluding tert-OH is 2. The molecule has 0 amide bonds. The van der Waals surface area contributed by atoms with Crippen molar-refractivity contribution < 1.29 is 10.2 Å². The fraction of sp³-hybridized carbons (Fsp3) is 1.00. The van der Waals surface area contributed by atoms with Crippen LogP contribution in [0, 0.1) is 5.92 Å². The summed E-state index contributed by atoms with van der Waals surface area (Å²) in [4.78, 5) is 0. The average molecular weight is 173 g/mol. The summed E-state index contributed by atoms with van der Waals surface area (Å²) in [6.07, 6.45) is 1.75. The minimum Gasteiger partial charge on any atom is -0.392 e. The minimum atomic E-state index is -0.351. The molecule has 1 aliphatic carbocycles. The van der Waals surface area contributed by atoms with Gasteiger partial charge in [-0.05, 0) is 32.6 Å². The zero-order chi connectivity index (χ0) is 9.14. The van der Waals surface area contributed by atoms with Crippen LogP contribution in [-0.4, -0.2) is 35.0 Å². The van der Waals surface area contributed by atoms with E-state index in [1.807, 2.05) is 6.92 Å². The van der Waals surface area contributed by atoms with E-state index in [0.717, 1.165) is 12.8 Å². The van der Waals surface area contributed by atoms with Crippen LogP contribution in [0.5, 0.6) is 0 Å². The molecule has 3 unspecified atom stereocenters. The Kier molecular flexibility index (Phi) is 3.50. The summed E-state index contributed by atoms with van der Waals surface area (Å²) in [6, 6.07) is 0.0680. The van der Waals surface area contributed by atoms with E-state index in [1.165, 1.54) is 0 Å². The molecule has 12 heavy (non-hydrogen) atoms. The molecule has 0 aromatic rings. The van der Waals surface area contributed by atoms with Crippen molar-refractivity contribution in [2.75, 3.05) is 6.54 Å². The molecule has 0 heterocycles. The Morgan fingerprint density at radius 2 is 1.92 bits per heavy atom. The van der Waals surface area contributed by atoms with E-state index in [1.54, 1.807) is 6.92 Å². The van der Waals surface area contributed by atoms with Crippen LogP contribution in [0.3, 0.4) is 0 Å². The highest BCUT2D eigenvalue weighted by Gasteiger charge is 2.29. The zero-order valence-electron chi connectivity index (χ0n) is 7.83. The van der Waals surface area contributed by atoms with Crippen LogP contribution < -0.4 is 5.32 Å². The van der Waals surface area contributed by atoms with Crippen LogP contribution in [-0.2, 0) is 0 Å². The number of aliphatic hydroxyl groups is 2. The molecule has 72 valence electrons. The molecule has 3 nitrogen and oxygen atoms in total. The van der Waals surface area contributed by atoms with Gasteiger partial charge < -0.3 is 15.5 Å². The second kappa shape index (κ2) is 4.21. The first-order valence-corrected chi connectivity index (χ1v) is 4.70. The molecule has 0 saturated heterocycles. The Labute approximate surface area is 73.8 Å². The van der Waals surface area contributed by atoms with Crippen LogP contribution in [0.15, 0.2) is 0 Å². The SMILES string of the molecule is CC(O)C(C)NCC(O)C1CC1. The van der Waals surface area contributed by atoms with E-state index < -0.39 is 0 Å². The van der Waals surface area contributed by atoms with Gasteiger partial charge in [-0.2, -0.15) is 0 Å². The van der Waals surface area contributed by atoms with E-state index in [4.69, 9.17) is 5.11 Å². The highest BCUT2D eigenvalue weighted by molar-refractivity contribution is 4.83. The maximum atomic E-state index is 9.48. The van der Waals surface area contributed by atoms with Gasteiger partial charge in [0.05, 0.1) is 12.2 Å². The Bertz CT molecular complexity index is 126. The van der Waals surface area contributed by atoms with Crippen LogP contribution in [0.4, 0.5) is 0 Å². The van der Waals surface area contributed by atoms with Gasteiger partial charge in [0.2, 0.25) is 0 Å². The van der Waals surface area contributed by atoms with Crippen molar-refractivity contribution in [2.45, 2.75) is 44.9 Å². The summed E-state index contributed by atoms with van der Waals surface area (Å²) in [5.74, 6) is 0.513. The molecular weight excluding hydrogens is 154 g/mol. The maximum absolute atomic E-state index is 9.48. The third-order valence-corrected chi connectivity index (χ3v) is 2.54. The monoisotopic (exact) mass is 173 g/mol. The normalized spacial score (nSPS) is 25.0. The minimum absolute atomic E-state index is 0.0680. The standard InChI is InChI=1S/C9H19NO2/c1-6(7(2)11)10-5-9(12)8-3-4-8/h6-12H,3-5H2,1-2H3. The lowest BCUT2D eigenvalue weighted by Gasteiger charge is -2.18. The van der Waals surface area contributed by atoms with Crippen molar-refractivity contribution >= 4 is 0 Å². The molecular formula is C9H19NO2. The number of hydrogen-bond donors (Lipinski definition) is 3. The van der Waals surface area contributed by atoms with Crippen molar-refractivity contribution in [3.8, 4) is 0 Å². The topological polar surface area (TPSA) is 52.5 Å². The Hall–Kier alpha value is -0.120. The van der Waals surface area contributed by atoms with Gasteiger partial charge in [-0.3, -0.25) is 0 Å². The Morgan fingerprint density at radius 3 is 2.33 bits per heavy atom. The second-order valence-corrected chi connectivity index (χ2v) is 3.84. The largest absolute Gasteiger partial charge is 0.392 e. The quantitative estimate of drug-likeness (QED) is 0.553. The van der Waals surface area contributed by atoms with Crippen molar-refractivity contribution in [2.24, 2.45) is 5.92 Å². The Balaban J connectivity index is 2.07. The number of rotatable bonds is 5. The Morgan fingerprint density at radius 1 is 1.33 bits per heavy atom. The van der Waals surface area contributed by atoms with Gasteiger partial charge >= 0.3 is 0 Å². The van der Waals surface area contributed by atoms with Gasteiger partial charge in [0, 0.05) is 12.6 Å². The predicted molar refractivity (Wildman–Crippen MR) is 47.9 cm³/mol. The van der Waals surface area contributed by atoms with E-state index >= 15 is 0 Å². The smallest absolute Gasteiger partial charge is 0.0692 e. The van der Waals surface area contributed by atoms with E-state index in [9.17, 15) is 5.11 Å². The van der Waals surface area contributed by atoms with Gasteiger partial charge in [-0.25, -0.2) is 0 Å². The summed E-state index contributed by atoms with van der Waals surface area (Å²) >= 11 is 0. The van der Waals surface area contributed by atoms with Crippen molar-refractivity contribution in [3.63, 3.8) is 0 Å². The summed E-state index contributed by atoms with van der Waals surface area (Å²) in [5.41, 5.74) is 0. The third kappa shape index (κ3) is 3.09. The third-order valence-electron chi connectivity index (χ3n) is 2.54. The summed E-state index contributed by atoms with van der Waals surface area (Å²) < 4.78 is 0. The fourth-order valence-corrected chi connectivity index (χ4v) is 1.12. The molecule has 0 aromatic carbocycles. The number of nitrogens with one attached hydrogen (secondary N) is 1. The highest BCUT2D eigenvalue weighted by Crippen LogP contribution is 2.32. The van der Waals surface area contributed by atoms with Gasteiger partial charge in [-0.1, -0.05) is 0 Å². The van der Waals surface area contributed by atoms with Crippen LogP contribution in [0.2, 0.25) is 0 Å². The molecule has 0 bridgehead atoms. The van der Waals surface area contributed by atoms with E-state index in [0.29, 0.717) is 12.5 Å². The van der Waals surface area contributed by atoms with Crippen LogP contribution in [0.1, 0.15) is 26.7 Å². The zero-order valence-corrected chi connectivity index (χ0v) is 7.83. The summed E-state index contributed by atoms with van der Waals surface area (Å²) in [7, 11) is 0. The van der Waals surface area contributed by atoms with Gasteiger partial charge in [0.15, 0.2) is 0 Å².